The maximum atomic E-state index is 12.5. The van der Waals surface area contributed by atoms with Crippen molar-refractivity contribution in [1.29, 1.82) is 0 Å². The van der Waals surface area contributed by atoms with Gasteiger partial charge in [0.25, 0.3) is 5.56 Å². The summed E-state index contributed by atoms with van der Waals surface area (Å²) in [6, 6.07) is 11.8. The average molecular weight is 364 g/mol. The first-order chi connectivity index (χ1) is 13.1. The minimum atomic E-state index is -0.0810. The molecule has 1 fully saturated rings. The number of anilines is 1. The molecule has 0 spiro atoms. The Hall–Kier alpha value is -2.93. The fraction of sp³-hybridized carbons (Fsp3) is 0.350. The first-order valence-corrected chi connectivity index (χ1v) is 9.25. The molecule has 0 bridgehead atoms. The van der Waals surface area contributed by atoms with E-state index in [1.807, 2.05) is 42.8 Å². The predicted octanol–water partition coefficient (Wildman–Crippen LogP) is 1.50. The lowest BCUT2D eigenvalue weighted by molar-refractivity contribution is 0.582. The molecule has 7 heteroatoms. The van der Waals surface area contributed by atoms with Crippen LogP contribution in [0, 0.1) is 13.8 Å². The van der Waals surface area contributed by atoms with E-state index < -0.39 is 0 Å². The van der Waals surface area contributed by atoms with Gasteiger partial charge in [0.2, 0.25) is 0 Å². The largest absolute Gasteiger partial charge is 0.368 e. The van der Waals surface area contributed by atoms with E-state index in [9.17, 15) is 4.79 Å². The number of nitrogens with zero attached hydrogens (tertiary/aromatic N) is 5. The molecule has 1 aliphatic rings. The van der Waals surface area contributed by atoms with E-state index in [0.29, 0.717) is 6.54 Å². The van der Waals surface area contributed by atoms with Crippen molar-refractivity contribution < 1.29 is 0 Å². The Morgan fingerprint density at radius 3 is 2.59 bits per heavy atom. The molecule has 0 aliphatic carbocycles. The molecule has 0 radical (unpaired) electrons. The van der Waals surface area contributed by atoms with Crippen molar-refractivity contribution in [3.63, 3.8) is 0 Å². The van der Waals surface area contributed by atoms with Gasteiger partial charge in [0.05, 0.1) is 29.8 Å². The van der Waals surface area contributed by atoms with E-state index in [2.05, 4.69) is 26.5 Å². The van der Waals surface area contributed by atoms with Crippen LogP contribution in [-0.4, -0.2) is 45.7 Å². The van der Waals surface area contributed by atoms with Gasteiger partial charge >= 0.3 is 0 Å². The second-order valence-corrected chi connectivity index (χ2v) is 6.96. The summed E-state index contributed by atoms with van der Waals surface area (Å²) in [6.07, 6.45) is 1.79. The molecule has 1 saturated heterocycles. The quantitative estimate of drug-likeness (QED) is 0.760. The molecule has 2 aromatic heterocycles. The normalized spacial score (nSPS) is 14.5. The molecule has 0 amide bonds. The lowest BCUT2D eigenvalue weighted by Gasteiger charge is -2.28. The minimum Gasteiger partial charge on any atom is -0.368 e. The third kappa shape index (κ3) is 3.78. The van der Waals surface area contributed by atoms with Gasteiger partial charge in [-0.2, -0.15) is 10.2 Å². The fourth-order valence-corrected chi connectivity index (χ4v) is 3.49. The van der Waals surface area contributed by atoms with Gasteiger partial charge in [0.1, 0.15) is 0 Å². The standard InChI is InChI=1S/C20H24N6O/c1-15-10-16(2)26(23-15)18-5-3-4-17(11-18)14-25-20(27)12-19(13-22-25)24-8-6-21-7-9-24/h3-5,10-13,21H,6-9,14H2,1-2H3. The lowest BCUT2D eigenvalue weighted by Crippen LogP contribution is -2.44. The number of piperazine rings is 1. The first-order valence-electron chi connectivity index (χ1n) is 9.25. The second-order valence-electron chi connectivity index (χ2n) is 6.96. The Bertz CT molecular complexity index is 1000. The van der Waals surface area contributed by atoms with Crippen molar-refractivity contribution >= 4 is 5.69 Å². The van der Waals surface area contributed by atoms with Crippen LogP contribution in [0.4, 0.5) is 5.69 Å². The zero-order chi connectivity index (χ0) is 18.8. The highest BCUT2D eigenvalue weighted by Gasteiger charge is 2.12. The van der Waals surface area contributed by atoms with Crippen LogP contribution < -0.4 is 15.8 Å². The van der Waals surface area contributed by atoms with Gasteiger partial charge in [-0.05, 0) is 37.6 Å². The van der Waals surface area contributed by atoms with Crippen LogP contribution in [0.5, 0.6) is 0 Å². The van der Waals surface area contributed by atoms with Gasteiger partial charge in [0.15, 0.2) is 0 Å². The predicted molar refractivity (Wildman–Crippen MR) is 106 cm³/mol. The number of benzene rings is 1. The van der Waals surface area contributed by atoms with E-state index in [1.54, 1.807) is 12.3 Å². The van der Waals surface area contributed by atoms with E-state index in [0.717, 1.165) is 54.5 Å². The number of hydrogen-bond acceptors (Lipinski definition) is 5. The zero-order valence-electron chi connectivity index (χ0n) is 15.7. The Balaban J connectivity index is 1.56. The maximum absolute atomic E-state index is 12.5. The number of aryl methyl sites for hydroxylation is 2. The minimum absolute atomic E-state index is 0.0810. The van der Waals surface area contributed by atoms with Gasteiger partial charge in [-0.15, -0.1) is 0 Å². The summed E-state index contributed by atoms with van der Waals surface area (Å²) >= 11 is 0. The molecule has 3 heterocycles. The summed E-state index contributed by atoms with van der Waals surface area (Å²) in [5.74, 6) is 0. The summed E-state index contributed by atoms with van der Waals surface area (Å²) < 4.78 is 3.43. The van der Waals surface area contributed by atoms with Crippen LogP contribution >= 0.6 is 0 Å². The lowest BCUT2D eigenvalue weighted by atomic mass is 10.2. The highest BCUT2D eigenvalue weighted by atomic mass is 16.1. The van der Waals surface area contributed by atoms with E-state index >= 15 is 0 Å². The molecule has 27 heavy (non-hydrogen) atoms. The molecule has 140 valence electrons. The van der Waals surface area contributed by atoms with Crippen molar-refractivity contribution in [1.82, 2.24) is 24.9 Å². The summed E-state index contributed by atoms with van der Waals surface area (Å²) in [4.78, 5) is 14.7. The van der Waals surface area contributed by atoms with Gasteiger partial charge in [-0.3, -0.25) is 4.79 Å². The monoisotopic (exact) mass is 364 g/mol. The third-order valence-corrected chi connectivity index (χ3v) is 4.83. The highest BCUT2D eigenvalue weighted by molar-refractivity contribution is 5.43. The Morgan fingerprint density at radius 1 is 1.07 bits per heavy atom. The van der Waals surface area contributed by atoms with Gasteiger partial charge in [0, 0.05) is 37.9 Å². The highest BCUT2D eigenvalue weighted by Crippen LogP contribution is 2.15. The molecular weight excluding hydrogens is 340 g/mol. The van der Waals surface area contributed by atoms with E-state index in [4.69, 9.17) is 0 Å². The number of hydrogen-bond donors (Lipinski definition) is 1. The summed E-state index contributed by atoms with van der Waals surface area (Å²) in [7, 11) is 0. The van der Waals surface area contributed by atoms with Crippen molar-refractivity contribution in [2.24, 2.45) is 0 Å². The Kier molecular flexibility index (Phi) is 4.77. The van der Waals surface area contributed by atoms with Crippen LogP contribution in [0.2, 0.25) is 0 Å². The van der Waals surface area contributed by atoms with Gasteiger partial charge in [-0.25, -0.2) is 9.36 Å². The van der Waals surface area contributed by atoms with E-state index in [-0.39, 0.29) is 5.56 Å². The molecule has 1 aromatic carbocycles. The molecule has 0 saturated carbocycles. The molecule has 4 rings (SSSR count). The van der Waals surface area contributed by atoms with Crippen molar-refractivity contribution in [3.05, 3.63) is 69.9 Å². The number of rotatable bonds is 4. The van der Waals surface area contributed by atoms with Crippen molar-refractivity contribution in [2.75, 3.05) is 31.1 Å². The SMILES string of the molecule is Cc1cc(C)n(-c2cccc(Cn3ncc(N4CCNCC4)cc3=O)c2)n1. The van der Waals surface area contributed by atoms with E-state index in [1.165, 1.54) is 4.68 Å². The summed E-state index contributed by atoms with van der Waals surface area (Å²) in [6.45, 7) is 8.12. The number of aromatic nitrogens is 4. The molecule has 0 atom stereocenters. The van der Waals surface area contributed by atoms with Crippen LogP contribution in [0.15, 0.2) is 47.4 Å². The number of nitrogens with one attached hydrogen (secondary N) is 1. The summed E-state index contributed by atoms with van der Waals surface area (Å²) in [5.41, 5.74) is 4.89. The van der Waals surface area contributed by atoms with Crippen LogP contribution in [0.25, 0.3) is 5.69 Å². The van der Waals surface area contributed by atoms with Gasteiger partial charge < -0.3 is 10.2 Å². The molecule has 3 aromatic rings. The molecule has 1 aliphatic heterocycles. The van der Waals surface area contributed by atoms with Crippen molar-refractivity contribution in [2.45, 2.75) is 20.4 Å². The Morgan fingerprint density at radius 2 is 1.89 bits per heavy atom. The van der Waals surface area contributed by atoms with Crippen molar-refractivity contribution in [3.8, 4) is 5.69 Å². The smallest absolute Gasteiger partial charge is 0.269 e. The molecule has 0 unspecified atom stereocenters. The molecule has 7 nitrogen and oxygen atoms in total. The molecule has 1 N–H and O–H groups in total. The fourth-order valence-electron chi connectivity index (χ4n) is 3.49. The Labute approximate surface area is 158 Å². The zero-order valence-corrected chi connectivity index (χ0v) is 15.7. The maximum Gasteiger partial charge on any atom is 0.269 e. The topological polar surface area (TPSA) is 68.0 Å². The second kappa shape index (κ2) is 7.36. The van der Waals surface area contributed by atoms with Crippen LogP contribution in [0.3, 0.4) is 0 Å². The average Bonchev–Trinajstić information content (AvgIpc) is 3.02. The van der Waals surface area contributed by atoms with Gasteiger partial charge in [-0.1, -0.05) is 12.1 Å². The molecular formula is C20H24N6O. The first kappa shape index (κ1) is 17.5. The van der Waals surface area contributed by atoms with Crippen LogP contribution in [0.1, 0.15) is 17.0 Å². The third-order valence-electron chi connectivity index (χ3n) is 4.83. The van der Waals surface area contributed by atoms with Crippen LogP contribution in [-0.2, 0) is 6.54 Å². The summed E-state index contributed by atoms with van der Waals surface area (Å²) in [5, 5.41) is 12.2.